The highest BCUT2D eigenvalue weighted by Gasteiger charge is 2.21. The van der Waals surface area contributed by atoms with Crippen molar-refractivity contribution in [2.45, 2.75) is 6.92 Å². The third-order valence-electron chi connectivity index (χ3n) is 4.44. The second-order valence-corrected chi connectivity index (χ2v) is 6.30. The van der Waals surface area contributed by atoms with Crippen molar-refractivity contribution in [2.24, 2.45) is 0 Å². The Morgan fingerprint density at radius 1 is 0.926 bits per heavy atom. The van der Waals surface area contributed by atoms with Gasteiger partial charge in [-0.3, -0.25) is 10.1 Å². The molecule has 134 valence electrons. The van der Waals surface area contributed by atoms with Crippen LogP contribution in [0.25, 0.3) is 33.4 Å². The van der Waals surface area contributed by atoms with E-state index in [1.54, 1.807) is 48.5 Å². The van der Waals surface area contributed by atoms with Gasteiger partial charge in [0, 0.05) is 28.6 Å². The first kappa shape index (κ1) is 16.7. The molecule has 6 nitrogen and oxygen atoms in total. The predicted octanol–water partition coefficient (Wildman–Crippen LogP) is 5.39. The van der Waals surface area contributed by atoms with Gasteiger partial charge in [-0.25, -0.2) is 0 Å². The van der Waals surface area contributed by atoms with E-state index in [1.807, 2.05) is 6.92 Å². The quantitative estimate of drug-likeness (QED) is 0.376. The van der Waals surface area contributed by atoms with Gasteiger partial charge >= 0.3 is 0 Å². The maximum Gasteiger partial charge on any atom is 0.270 e. The fraction of sp³-hybridized carbons (Fsp3) is 0.0476. The van der Waals surface area contributed by atoms with E-state index >= 15 is 0 Å². The minimum absolute atomic E-state index is 0.0321. The summed E-state index contributed by atoms with van der Waals surface area (Å²) >= 11 is 0. The van der Waals surface area contributed by atoms with Gasteiger partial charge in [0.25, 0.3) is 5.69 Å². The third-order valence-corrected chi connectivity index (χ3v) is 4.44. The first-order valence-corrected chi connectivity index (χ1v) is 8.24. The normalized spacial score (nSPS) is 11.0. The smallest absolute Gasteiger partial charge is 0.270 e. The van der Waals surface area contributed by atoms with Gasteiger partial charge in [-0.05, 0) is 54.4 Å². The SMILES string of the molecule is Cc1cc(O)cc2c(-c3cccc([N+](=O)[O-])c3)c(-c3ccc(O)cc3)oc12. The first-order chi connectivity index (χ1) is 12.9. The van der Waals surface area contributed by atoms with Gasteiger partial charge in [-0.2, -0.15) is 0 Å². The number of aryl methyl sites for hydroxylation is 1. The Balaban J connectivity index is 2.07. The minimum Gasteiger partial charge on any atom is -0.508 e. The van der Waals surface area contributed by atoms with Crippen molar-refractivity contribution in [1.82, 2.24) is 0 Å². The van der Waals surface area contributed by atoms with Crippen molar-refractivity contribution >= 4 is 16.7 Å². The number of phenolic OH excluding ortho intramolecular Hbond substituents is 2. The lowest BCUT2D eigenvalue weighted by atomic mass is 9.97. The molecule has 0 saturated heterocycles. The van der Waals surface area contributed by atoms with Crippen LogP contribution in [0.4, 0.5) is 5.69 Å². The maximum atomic E-state index is 11.2. The van der Waals surface area contributed by atoms with E-state index in [9.17, 15) is 20.3 Å². The van der Waals surface area contributed by atoms with Crippen LogP contribution in [0, 0.1) is 17.0 Å². The number of hydrogen-bond donors (Lipinski definition) is 2. The molecular formula is C21H15NO5. The van der Waals surface area contributed by atoms with E-state index in [4.69, 9.17) is 4.42 Å². The highest BCUT2D eigenvalue weighted by molar-refractivity contribution is 6.03. The van der Waals surface area contributed by atoms with E-state index in [0.717, 1.165) is 5.56 Å². The zero-order valence-electron chi connectivity index (χ0n) is 14.3. The summed E-state index contributed by atoms with van der Waals surface area (Å²) in [6.45, 7) is 1.82. The molecule has 0 fully saturated rings. The molecule has 0 spiro atoms. The lowest BCUT2D eigenvalue weighted by Gasteiger charge is -2.05. The average Bonchev–Trinajstić information content (AvgIpc) is 3.02. The summed E-state index contributed by atoms with van der Waals surface area (Å²) in [6, 6.07) is 16.0. The molecule has 3 aromatic carbocycles. The van der Waals surface area contributed by atoms with E-state index in [2.05, 4.69) is 0 Å². The zero-order chi connectivity index (χ0) is 19.1. The second-order valence-electron chi connectivity index (χ2n) is 6.30. The van der Waals surface area contributed by atoms with Gasteiger partial charge in [-0.15, -0.1) is 0 Å². The fourth-order valence-corrected chi connectivity index (χ4v) is 3.23. The standard InChI is InChI=1S/C21H15NO5/c1-12-9-17(24)11-18-19(14-3-2-4-15(10-14)22(25)26)21(27-20(12)18)13-5-7-16(23)8-6-13/h2-11,23-24H,1H3. The van der Waals surface area contributed by atoms with Crippen LogP contribution in [0.1, 0.15) is 5.56 Å². The molecule has 0 aliphatic heterocycles. The summed E-state index contributed by atoms with van der Waals surface area (Å²) in [5, 5.41) is 31.5. The zero-order valence-corrected chi connectivity index (χ0v) is 14.3. The van der Waals surface area contributed by atoms with Crippen LogP contribution in [-0.2, 0) is 0 Å². The van der Waals surface area contributed by atoms with E-state index in [0.29, 0.717) is 33.4 Å². The number of rotatable bonds is 3. The van der Waals surface area contributed by atoms with Crippen LogP contribution >= 0.6 is 0 Å². The van der Waals surface area contributed by atoms with Gasteiger partial charge in [0.2, 0.25) is 0 Å². The van der Waals surface area contributed by atoms with Crippen molar-refractivity contribution in [3.63, 3.8) is 0 Å². The monoisotopic (exact) mass is 361 g/mol. The van der Waals surface area contributed by atoms with Crippen molar-refractivity contribution in [1.29, 1.82) is 0 Å². The number of nitrogens with zero attached hydrogens (tertiary/aromatic N) is 1. The predicted molar refractivity (Wildman–Crippen MR) is 102 cm³/mol. The molecule has 0 saturated carbocycles. The van der Waals surface area contributed by atoms with E-state index in [-0.39, 0.29) is 17.2 Å². The Morgan fingerprint density at radius 2 is 1.67 bits per heavy atom. The molecule has 0 bridgehead atoms. The van der Waals surface area contributed by atoms with Gasteiger partial charge in [-0.1, -0.05) is 12.1 Å². The molecule has 1 aromatic heterocycles. The number of nitro groups is 1. The largest absolute Gasteiger partial charge is 0.508 e. The van der Waals surface area contributed by atoms with Crippen LogP contribution < -0.4 is 0 Å². The van der Waals surface area contributed by atoms with Gasteiger partial charge in [0.1, 0.15) is 22.8 Å². The first-order valence-electron chi connectivity index (χ1n) is 8.24. The number of non-ortho nitro benzene ring substituents is 1. The van der Waals surface area contributed by atoms with Crippen LogP contribution in [-0.4, -0.2) is 15.1 Å². The number of aromatic hydroxyl groups is 2. The highest BCUT2D eigenvalue weighted by atomic mass is 16.6. The topological polar surface area (TPSA) is 96.7 Å². The Labute approximate surface area is 154 Å². The molecular weight excluding hydrogens is 346 g/mol. The summed E-state index contributed by atoms with van der Waals surface area (Å²) in [5.41, 5.74) is 3.29. The maximum absolute atomic E-state index is 11.2. The molecule has 0 atom stereocenters. The average molecular weight is 361 g/mol. The van der Waals surface area contributed by atoms with Crippen molar-refractivity contribution < 1.29 is 19.6 Å². The van der Waals surface area contributed by atoms with Crippen LogP contribution in [0.2, 0.25) is 0 Å². The molecule has 0 aliphatic carbocycles. The summed E-state index contributed by atoms with van der Waals surface area (Å²) in [5.74, 6) is 0.726. The Kier molecular flexibility index (Phi) is 3.81. The Morgan fingerprint density at radius 3 is 2.37 bits per heavy atom. The summed E-state index contributed by atoms with van der Waals surface area (Å²) in [4.78, 5) is 10.8. The van der Waals surface area contributed by atoms with Gasteiger partial charge < -0.3 is 14.6 Å². The number of fused-ring (bicyclic) bond motifs is 1. The Hall–Kier alpha value is -3.80. The second kappa shape index (κ2) is 6.17. The number of nitro benzene ring substituents is 1. The molecule has 4 rings (SSSR count). The summed E-state index contributed by atoms with van der Waals surface area (Å²) < 4.78 is 6.10. The molecule has 6 heteroatoms. The highest BCUT2D eigenvalue weighted by Crippen LogP contribution is 2.44. The lowest BCUT2D eigenvalue weighted by Crippen LogP contribution is -1.88. The lowest BCUT2D eigenvalue weighted by molar-refractivity contribution is -0.384. The molecule has 27 heavy (non-hydrogen) atoms. The van der Waals surface area contributed by atoms with Crippen molar-refractivity contribution in [3.05, 3.63) is 76.3 Å². The molecule has 0 amide bonds. The molecule has 0 aliphatic rings. The molecule has 2 N–H and O–H groups in total. The fourth-order valence-electron chi connectivity index (χ4n) is 3.23. The van der Waals surface area contributed by atoms with Crippen molar-refractivity contribution in [2.75, 3.05) is 0 Å². The minimum atomic E-state index is -0.450. The van der Waals surface area contributed by atoms with Crippen molar-refractivity contribution in [3.8, 4) is 33.9 Å². The molecule has 4 aromatic rings. The molecule has 1 heterocycles. The molecule has 0 radical (unpaired) electrons. The van der Waals surface area contributed by atoms with E-state index in [1.165, 1.54) is 12.1 Å². The summed E-state index contributed by atoms with van der Waals surface area (Å²) in [7, 11) is 0. The van der Waals surface area contributed by atoms with Gasteiger partial charge in [0.05, 0.1) is 4.92 Å². The molecule has 0 unspecified atom stereocenters. The van der Waals surface area contributed by atoms with E-state index < -0.39 is 4.92 Å². The number of furan rings is 1. The van der Waals surface area contributed by atoms with Crippen LogP contribution in [0.5, 0.6) is 11.5 Å². The van der Waals surface area contributed by atoms with Gasteiger partial charge in [0.15, 0.2) is 0 Å². The Bertz CT molecular complexity index is 1180. The number of phenols is 2. The summed E-state index contributed by atoms with van der Waals surface area (Å²) in [6.07, 6.45) is 0. The number of hydrogen-bond acceptors (Lipinski definition) is 5. The van der Waals surface area contributed by atoms with Crippen LogP contribution in [0.3, 0.4) is 0 Å². The number of benzene rings is 3. The third kappa shape index (κ3) is 2.87. The van der Waals surface area contributed by atoms with Crippen LogP contribution in [0.15, 0.2) is 65.1 Å².